The average Bonchev–Trinajstić information content (AvgIpc) is 3.08. The molecular formula is C17H16FN3. The number of aromatic nitrogens is 2. The molecule has 0 spiro atoms. The summed E-state index contributed by atoms with van der Waals surface area (Å²) in [7, 11) is 0. The van der Waals surface area contributed by atoms with Crippen molar-refractivity contribution < 1.29 is 4.39 Å². The highest BCUT2D eigenvalue weighted by molar-refractivity contribution is 5.77. The quantitative estimate of drug-likeness (QED) is 0.772. The average molecular weight is 281 g/mol. The minimum atomic E-state index is -0.253. The number of halogens is 1. The van der Waals surface area contributed by atoms with Gasteiger partial charge in [-0.15, -0.1) is 0 Å². The molecule has 1 N–H and O–H groups in total. The van der Waals surface area contributed by atoms with Gasteiger partial charge in [-0.2, -0.15) is 0 Å². The van der Waals surface area contributed by atoms with Crippen LogP contribution in [0.2, 0.25) is 0 Å². The predicted molar refractivity (Wildman–Crippen MR) is 81.9 cm³/mol. The zero-order chi connectivity index (χ0) is 14.4. The van der Waals surface area contributed by atoms with Gasteiger partial charge in [-0.25, -0.2) is 9.37 Å². The van der Waals surface area contributed by atoms with Gasteiger partial charge in [0.25, 0.3) is 0 Å². The molecule has 0 saturated carbocycles. The molecule has 0 aliphatic carbocycles. The van der Waals surface area contributed by atoms with Crippen molar-refractivity contribution in [3.8, 4) is 0 Å². The molecule has 1 aromatic heterocycles. The van der Waals surface area contributed by atoms with E-state index in [2.05, 4.69) is 33.9 Å². The normalized spacial score (nSPS) is 17.0. The Kier molecular flexibility index (Phi) is 2.70. The molecule has 0 amide bonds. The van der Waals surface area contributed by atoms with Gasteiger partial charge in [0, 0.05) is 18.7 Å². The number of nitrogens with one attached hydrogen (secondary N) is 1. The molecule has 21 heavy (non-hydrogen) atoms. The number of nitrogens with zero attached hydrogens (tertiary/aromatic N) is 2. The maximum atomic E-state index is 14.0. The van der Waals surface area contributed by atoms with Crippen molar-refractivity contribution in [3.05, 3.63) is 59.7 Å². The molecule has 2 aromatic carbocycles. The van der Waals surface area contributed by atoms with Crippen molar-refractivity contribution in [1.29, 1.82) is 0 Å². The molecule has 0 fully saturated rings. The van der Waals surface area contributed by atoms with E-state index in [9.17, 15) is 4.39 Å². The van der Waals surface area contributed by atoms with E-state index in [0.29, 0.717) is 5.52 Å². The van der Waals surface area contributed by atoms with Crippen molar-refractivity contribution in [3.63, 3.8) is 0 Å². The number of rotatable bonds is 2. The van der Waals surface area contributed by atoms with Crippen molar-refractivity contribution >= 4 is 16.7 Å². The van der Waals surface area contributed by atoms with Crippen molar-refractivity contribution in [2.75, 3.05) is 5.32 Å². The third-order valence-electron chi connectivity index (χ3n) is 4.16. The summed E-state index contributed by atoms with van der Waals surface area (Å²) in [4.78, 5) is 4.57. The summed E-state index contributed by atoms with van der Waals surface area (Å²) in [6.07, 6.45) is 0.890. The minimum absolute atomic E-state index is 0.106. The first-order valence-corrected chi connectivity index (χ1v) is 7.27. The zero-order valence-electron chi connectivity index (χ0n) is 11.8. The minimum Gasteiger partial charge on any atom is -0.375 e. The Labute approximate surface area is 122 Å². The number of hydrogen-bond donors (Lipinski definition) is 1. The largest absolute Gasteiger partial charge is 0.375 e. The summed E-state index contributed by atoms with van der Waals surface area (Å²) < 4.78 is 16.1. The maximum Gasteiger partial charge on any atom is 0.151 e. The number of hydrogen-bond acceptors (Lipinski definition) is 2. The van der Waals surface area contributed by atoms with Gasteiger partial charge in [-0.3, -0.25) is 0 Å². The Hall–Kier alpha value is -2.36. The van der Waals surface area contributed by atoms with E-state index in [4.69, 9.17) is 0 Å². The fourth-order valence-corrected chi connectivity index (χ4v) is 3.18. The molecular weight excluding hydrogens is 265 g/mol. The van der Waals surface area contributed by atoms with E-state index in [-0.39, 0.29) is 11.9 Å². The molecule has 3 nitrogen and oxygen atoms in total. The van der Waals surface area contributed by atoms with Crippen LogP contribution in [0.4, 0.5) is 10.1 Å². The highest BCUT2D eigenvalue weighted by Crippen LogP contribution is 2.35. The van der Waals surface area contributed by atoms with Gasteiger partial charge in [0.05, 0.1) is 11.6 Å². The summed E-state index contributed by atoms with van der Waals surface area (Å²) in [5.41, 5.74) is 3.77. The van der Waals surface area contributed by atoms with E-state index in [0.717, 1.165) is 30.0 Å². The Morgan fingerprint density at radius 3 is 2.90 bits per heavy atom. The van der Waals surface area contributed by atoms with Crippen LogP contribution in [0, 0.1) is 5.82 Å². The monoisotopic (exact) mass is 281 g/mol. The molecule has 1 aliphatic rings. The zero-order valence-corrected chi connectivity index (χ0v) is 11.8. The van der Waals surface area contributed by atoms with E-state index in [1.807, 2.05) is 18.2 Å². The van der Waals surface area contributed by atoms with Gasteiger partial charge in [-0.1, -0.05) is 24.3 Å². The highest BCUT2D eigenvalue weighted by atomic mass is 19.1. The molecule has 0 radical (unpaired) electrons. The fraction of sp³-hybridized carbons (Fsp3) is 0.235. The number of para-hydroxylation sites is 2. The first-order valence-electron chi connectivity index (χ1n) is 7.27. The molecule has 3 aromatic rings. The van der Waals surface area contributed by atoms with Crippen LogP contribution < -0.4 is 5.32 Å². The lowest BCUT2D eigenvalue weighted by Gasteiger charge is -2.13. The molecule has 1 aliphatic heterocycles. The summed E-state index contributed by atoms with van der Waals surface area (Å²) in [6.45, 7) is 2.85. The van der Waals surface area contributed by atoms with Gasteiger partial charge in [0.15, 0.2) is 5.82 Å². The smallest absolute Gasteiger partial charge is 0.151 e. The van der Waals surface area contributed by atoms with E-state index in [1.165, 1.54) is 11.6 Å². The van der Waals surface area contributed by atoms with Gasteiger partial charge < -0.3 is 9.88 Å². The Balaban J connectivity index is 1.83. The van der Waals surface area contributed by atoms with Crippen LogP contribution in [0.1, 0.15) is 24.4 Å². The molecule has 4 heteroatoms. The van der Waals surface area contributed by atoms with Crippen LogP contribution in [0.3, 0.4) is 0 Å². The molecule has 106 valence electrons. The number of aryl methyl sites for hydroxylation is 1. The lowest BCUT2D eigenvalue weighted by molar-refractivity contribution is 0.636. The second-order valence-corrected chi connectivity index (χ2v) is 5.38. The highest BCUT2D eigenvalue weighted by Gasteiger charge is 2.26. The first kappa shape index (κ1) is 12.4. The Morgan fingerprint density at radius 1 is 1.24 bits per heavy atom. The standard InChI is InChI=1S/C17H16FN3/c1-2-21-15-9-5-7-12(18)16(15)20-17(21)14-10-11-6-3-4-8-13(11)19-14/h3-9,14,19H,2,10H2,1H3. The predicted octanol–water partition coefficient (Wildman–Crippen LogP) is 3.90. The van der Waals surface area contributed by atoms with E-state index in [1.54, 1.807) is 6.07 Å². The molecule has 1 unspecified atom stereocenters. The number of benzene rings is 2. The van der Waals surface area contributed by atoms with Gasteiger partial charge in [0.1, 0.15) is 11.3 Å². The summed E-state index contributed by atoms with van der Waals surface area (Å²) >= 11 is 0. The molecule has 1 atom stereocenters. The third kappa shape index (κ3) is 1.82. The van der Waals surface area contributed by atoms with Crippen molar-refractivity contribution in [2.24, 2.45) is 0 Å². The maximum absolute atomic E-state index is 14.0. The van der Waals surface area contributed by atoms with Crippen LogP contribution in [-0.2, 0) is 13.0 Å². The molecule has 2 heterocycles. The van der Waals surface area contributed by atoms with Crippen LogP contribution in [0.5, 0.6) is 0 Å². The summed E-state index contributed by atoms with van der Waals surface area (Å²) in [5.74, 6) is 0.658. The Morgan fingerprint density at radius 2 is 2.10 bits per heavy atom. The number of anilines is 1. The van der Waals surface area contributed by atoms with Gasteiger partial charge in [0.2, 0.25) is 0 Å². The molecule has 4 rings (SSSR count). The van der Waals surface area contributed by atoms with Crippen molar-refractivity contribution in [2.45, 2.75) is 25.9 Å². The second kappa shape index (κ2) is 4.58. The summed E-state index contributed by atoms with van der Waals surface area (Å²) in [6, 6.07) is 13.5. The van der Waals surface area contributed by atoms with Gasteiger partial charge >= 0.3 is 0 Å². The lowest BCUT2D eigenvalue weighted by atomic mass is 10.1. The van der Waals surface area contributed by atoms with Crippen LogP contribution in [0.15, 0.2) is 42.5 Å². The van der Waals surface area contributed by atoms with Gasteiger partial charge in [-0.05, 0) is 30.7 Å². The van der Waals surface area contributed by atoms with Crippen LogP contribution in [-0.4, -0.2) is 9.55 Å². The lowest BCUT2D eigenvalue weighted by Crippen LogP contribution is -2.13. The second-order valence-electron chi connectivity index (χ2n) is 5.38. The van der Waals surface area contributed by atoms with E-state index >= 15 is 0 Å². The van der Waals surface area contributed by atoms with Crippen LogP contribution in [0.25, 0.3) is 11.0 Å². The van der Waals surface area contributed by atoms with Crippen molar-refractivity contribution in [1.82, 2.24) is 9.55 Å². The molecule has 0 saturated heterocycles. The van der Waals surface area contributed by atoms with Crippen LogP contribution >= 0.6 is 0 Å². The SMILES string of the molecule is CCn1c(C2Cc3ccccc3N2)nc2c(F)cccc21. The first-order chi connectivity index (χ1) is 10.3. The Bertz CT molecular complexity index is 797. The topological polar surface area (TPSA) is 29.9 Å². The third-order valence-corrected chi connectivity index (χ3v) is 4.16. The molecule has 0 bridgehead atoms. The number of imidazole rings is 1. The summed E-state index contributed by atoms with van der Waals surface area (Å²) in [5, 5.41) is 3.50. The number of fused-ring (bicyclic) bond motifs is 2. The van der Waals surface area contributed by atoms with E-state index < -0.39 is 0 Å². The fourth-order valence-electron chi connectivity index (χ4n) is 3.18.